The van der Waals surface area contributed by atoms with E-state index in [1.807, 2.05) is 6.07 Å². The van der Waals surface area contributed by atoms with Crippen molar-refractivity contribution in [3.63, 3.8) is 0 Å². The molecule has 0 aromatic heterocycles. The van der Waals surface area contributed by atoms with E-state index < -0.39 is 0 Å². The Morgan fingerprint density at radius 3 is 2.64 bits per heavy atom. The van der Waals surface area contributed by atoms with Gasteiger partial charge in [-0.3, -0.25) is 0 Å². The first kappa shape index (κ1) is 7.58. The molecule has 3 heteroatoms. The predicted octanol–water partition coefficient (Wildman–Crippen LogP) is 0.756. The van der Waals surface area contributed by atoms with E-state index in [0.29, 0.717) is 11.1 Å². The van der Waals surface area contributed by atoms with Crippen LogP contribution in [0.1, 0.15) is 11.1 Å². The molecular formula is C8H7NO2. The molecule has 0 amide bonds. The van der Waals surface area contributed by atoms with Crippen molar-refractivity contribution in [2.75, 3.05) is 0 Å². The summed E-state index contributed by atoms with van der Waals surface area (Å²) in [6, 6.07) is 6.16. The summed E-state index contributed by atoms with van der Waals surface area (Å²) in [5.41, 5.74) is 0.899. The van der Waals surface area contributed by atoms with E-state index in [2.05, 4.69) is 0 Å². The molecule has 0 saturated carbocycles. The van der Waals surface area contributed by atoms with Crippen molar-refractivity contribution in [3.8, 4) is 11.8 Å². The molecule has 0 bridgehead atoms. The molecule has 0 unspecified atom stereocenters. The van der Waals surface area contributed by atoms with E-state index in [-0.39, 0.29) is 12.4 Å². The van der Waals surface area contributed by atoms with Crippen LogP contribution in [0.25, 0.3) is 0 Å². The molecule has 1 aromatic rings. The van der Waals surface area contributed by atoms with Crippen molar-refractivity contribution in [2.24, 2.45) is 0 Å². The van der Waals surface area contributed by atoms with Crippen LogP contribution in [0.15, 0.2) is 18.2 Å². The van der Waals surface area contributed by atoms with Gasteiger partial charge in [-0.05, 0) is 23.8 Å². The quantitative estimate of drug-likeness (QED) is 0.619. The highest BCUT2D eigenvalue weighted by molar-refractivity contribution is 5.39. The fourth-order valence-electron chi connectivity index (χ4n) is 0.830. The third-order valence-corrected chi connectivity index (χ3v) is 1.29. The monoisotopic (exact) mass is 149 g/mol. The first-order chi connectivity index (χ1) is 5.26. The maximum Gasteiger partial charge on any atom is 0.117 e. The Hall–Kier alpha value is -1.53. The number of aromatic hydroxyl groups is 1. The van der Waals surface area contributed by atoms with E-state index >= 15 is 0 Å². The first-order valence-corrected chi connectivity index (χ1v) is 3.10. The summed E-state index contributed by atoms with van der Waals surface area (Å²) >= 11 is 0. The Balaban J connectivity index is 3.15. The Bertz CT molecular complexity index is 301. The fraction of sp³-hybridized carbons (Fsp3) is 0.125. The minimum absolute atomic E-state index is 0.00750. The smallest absolute Gasteiger partial charge is 0.117 e. The summed E-state index contributed by atoms with van der Waals surface area (Å²) in [5.74, 6) is 0.00750. The van der Waals surface area contributed by atoms with Gasteiger partial charge in [0.2, 0.25) is 0 Å². The summed E-state index contributed by atoms with van der Waals surface area (Å²) in [5, 5.41) is 26.1. The molecule has 1 aromatic carbocycles. The van der Waals surface area contributed by atoms with Crippen molar-refractivity contribution >= 4 is 0 Å². The van der Waals surface area contributed by atoms with E-state index in [1.165, 1.54) is 18.2 Å². The first-order valence-electron chi connectivity index (χ1n) is 3.10. The topological polar surface area (TPSA) is 64.2 Å². The average Bonchev–Trinajstić information content (AvgIpc) is 2.03. The second kappa shape index (κ2) is 3.04. The number of nitrogens with zero attached hydrogens (tertiary/aromatic N) is 1. The Labute approximate surface area is 64.1 Å². The Kier molecular flexibility index (Phi) is 2.09. The number of aliphatic hydroxyl groups excluding tert-OH is 1. The van der Waals surface area contributed by atoms with Crippen molar-refractivity contribution in [2.45, 2.75) is 6.61 Å². The van der Waals surface area contributed by atoms with Crippen LogP contribution in [0.4, 0.5) is 0 Å². The van der Waals surface area contributed by atoms with Crippen LogP contribution in [0.2, 0.25) is 0 Å². The lowest BCUT2D eigenvalue weighted by Gasteiger charge is -1.97. The van der Waals surface area contributed by atoms with Gasteiger partial charge in [0.15, 0.2) is 0 Å². The van der Waals surface area contributed by atoms with Crippen LogP contribution < -0.4 is 0 Å². The number of rotatable bonds is 1. The fourth-order valence-corrected chi connectivity index (χ4v) is 0.830. The molecule has 56 valence electrons. The van der Waals surface area contributed by atoms with Crippen molar-refractivity contribution < 1.29 is 10.2 Å². The summed E-state index contributed by atoms with van der Waals surface area (Å²) in [7, 11) is 0. The van der Waals surface area contributed by atoms with E-state index in [9.17, 15) is 0 Å². The maximum absolute atomic E-state index is 8.99. The number of nitriles is 1. The molecule has 1 rings (SSSR count). The van der Waals surface area contributed by atoms with E-state index in [4.69, 9.17) is 15.5 Å². The van der Waals surface area contributed by atoms with Crippen LogP contribution in [0, 0.1) is 11.3 Å². The van der Waals surface area contributed by atoms with Gasteiger partial charge in [-0.25, -0.2) is 0 Å². The molecule has 0 atom stereocenters. The van der Waals surface area contributed by atoms with Gasteiger partial charge in [0, 0.05) is 0 Å². The van der Waals surface area contributed by atoms with E-state index in [0.717, 1.165) is 0 Å². The van der Waals surface area contributed by atoms with Crippen LogP contribution >= 0.6 is 0 Å². The summed E-state index contributed by atoms with van der Waals surface area (Å²) < 4.78 is 0. The second-order valence-corrected chi connectivity index (χ2v) is 2.16. The van der Waals surface area contributed by atoms with Gasteiger partial charge in [0.25, 0.3) is 0 Å². The number of benzene rings is 1. The largest absolute Gasteiger partial charge is 0.508 e. The normalized spacial score (nSPS) is 9.09. The number of phenols is 1. The molecule has 0 heterocycles. The Morgan fingerprint density at radius 1 is 1.36 bits per heavy atom. The van der Waals surface area contributed by atoms with Gasteiger partial charge in [-0.15, -0.1) is 0 Å². The molecule has 0 aliphatic rings. The van der Waals surface area contributed by atoms with Crippen molar-refractivity contribution in [1.29, 1.82) is 5.26 Å². The number of hydrogen-bond acceptors (Lipinski definition) is 3. The van der Waals surface area contributed by atoms with E-state index in [1.54, 1.807) is 0 Å². The molecule has 3 nitrogen and oxygen atoms in total. The third-order valence-electron chi connectivity index (χ3n) is 1.29. The molecular weight excluding hydrogens is 142 g/mol. The van der Waals surface area contributed by atoms with Crippen LogP contribution in [-0.2, 0) is 6.61 Å². The highest BCUT2D eigenvalue weighted by atomic mass is 16.3. The van der Waals surface area contributed by atoms with Crippen LogP contribution in [0.3, 0.4) is 0 Å². The SMILES string of the molecule is N#Cc1cc(O)cc(CO)c1. The van der Waals surface area contributed by atoms with Crippen molar-refractivity contribution in [1.82, 2.24) is 0 Å². The highest BCUT2D eigenvalue weighted by Gasteiger charge is 1.97. The predicted molar refractivity (Wildman–Crippen MR) is 38.7 cm³/mol. The zero-order valence-electron chi connectivity index (χ0n) is 5.78. The minimum Gasteiger partial charge on any atom is -0.508 e. The molecule has 0 radical (unpaired) electrons. The molecule has 11 heavy (non-hydrogen) atoms. The van der Waals surface area contributed by atoms with Gasteiger partial charge in [0.1, 0.15) is 5.75 Å². The zero-order chi connectivity index (χ0) is 8.27. The zero-order valence-corrected chi connectivity index (χ0v) is 5.78. The van der Waals surface area contributed by atoms with Gasteiger partial charge in [-0.2, -0.15) is 5.26 Å². The summed E-state index contributed by atoms with van der Waals surface area (Å²) in [6.07, 6.45) is 0. The molecule has 2 N–H and O–H groups in total. The lowest BCUT2D eigenvalue weighted by atomic mass is 10.1. The van der Waals surface area contributed by atoms with Crippen LogP contribution in [-0.4, -0.2) is 10.2 Å². The number of aliphatic hydroxyl groups is 1. The van der Waals surface area contributed by atoms with Gasteiger partial charge in [0.05, 0.1) is 18.2 Å². The lowest BCUT2D eigenvalue weighted by molar-refractivity contribution is 0.281. The summed E-state index contributed by atoms with van der Waals surface area (Å²) in [6.45, 7) is -0.164. The standard InChI is InChI=1S/C8H7NO2/c9-4-6-1-7(5-10)3-8(11)2-6/h1-3,10-11H,5H2. The Morgan fingerprint density at radius 2 is 2.09 bits per heavy atom. The second-order valence-electron chi connectivity index (χ2n) is 2.16. The van der Waals surface area contributed by atoms with Gasteiger partial charge >= 0.3 is 0 Å². The molecule has 0 fully saturated rings. The minimum atomic E-state index is -0.164. The highest BCUT2D eigenvalue weighted by Crippen LogP contribution is 2.14. The summed E-state index contributed by atoms with van der Waals surface area (Å²) in [4.78, 5) is 0. The molecule has 0 spiro atoms. The van der Waals surface area contributed by atoms with Gasteiger partial charge < -0.3 is 10.2 Å². The number of hydrogen-bond donors (Lipinski definition) is 2. The molecule has 0 saturated heterocycles. The maximum atomic E-state index is 8.99. The van der Waals surface area contributed by atoms with Crippen molar-refractivity contribution in [3.05, 3.63) is 29.3 Å². The molecule has 0 aliphatic carbocycles. The average molecular weight is 149 g/mol. The van der Waals surface area contributed by atoms with Crippen LogP contribution in [0.5, 0.6) is 5.75 Å². The van der Waals surface area contributed by atoms with Gasteiger partial charge in [-0.1, -0.05) is 0 Å². The number of phenolic OH excluding ortho intramolecular Hbond substituents is 1. The lowest BCUT2D eigenvalue weighted by Crippen LogP contribution is -1.84. The third kappa shape index (κ3) is 1.69. The molecule has 0 aliphatic heterocycles.